The molecule has 8 heteroatoms. The van der Waals surface area contributed by atoms with Crippen LogP contribution in [0.5, 0.6) is 0 Å². The number of hydrogen-bond donors (Lipinski definition) is 1. The van der Waals surface area contributed by atoms with Crippen LogP contribution < -0.4 is 5.73 Å². The van der Waals surface area contributed by atoms with Crippen LogP contribution in [0.25, 0.3) is 11.1 Å². The van der Waals surface area contributed by atoms with E-state index < -0.39 is 5.91 Å². The molecule has 3 rings (SSSR count). The third kappa shape index (κ3) is 4.55. The number of amides is 1. The van der Waals surface area contributed by atoms with Crippen LogP contribution in [0.15, 0.2) is 53.7 Å². The molecule has 0 spiro atoms. The van der Waals surface area contributed by atoms with Crippen molar-refractivity contribution in [1.82, 2.24) is 9.97 Å². The maximum Gasteiger partial charge on any atom is 0.267 e. The van der Waals surface area contributed by atoms with E-state index in [2.05, 4.69) is 22.1 Å². The summed E-state index contributed by atoms with van der Waals surface area (Å²) in [6.45, 7) is 0. The van der Waals surface area contributed by atoms with Gasteiger partial charge in [-0.3, -0.25) is 9.78 Å². The zero-order chi connectivity index (χ0) is 20.8. The van der Waals surface area contributed by atoms with Crippen molar-refractivity contribution in [3.63, 3.8) is 0 Å². The molecule has 0 aliphatic heterocycles. The Bertz CT molecular complexity index is 1150. The topological polar surface area (TPSA) is 116 Å². The van der Waals surface area contributed by atoms with Gasteiger partial charge in [0.2, 0.25) is 0 Å². The lowest BCUT2D eigenvalue weighted by molar-refractivity contribution is 0.0995. The van der Waals surface area contributed by atoms with E-state index in [-0.39, 0.29) is 16.4 Å². The van der Waals surface area contributed by atoms with Crippen molar-refractivity contribution in [2.45, 2.75) is 11.4 Å². The second-order valence-corrected chi connectivity index (χ2v) is 7.38. The molecule has 29 heavy (non-hydrogen) atoms. The third-order valence-corrected chi connectivity index (χ3v) is 5.36. The Morgan fingerprint density at radius 3 is 2.52 bits per heavy atom. The number of benzene rings is 1. The van der Waals surface area contributed by atoms with Crippen LogP contribution in [0.1, 0.15) is 27.2 Å². The summed E-state index contributed by atoms with van der Waals surface area (Å²) in [6.07, 6.45) is 2.14. The fraction of sp³-hybridized carbons (Fsp3) is 0.0952. The molecule has 0 saturated heterocycles. The lowest BCUT2D eigenvalue weighted by Crippen LogP contribution is -2.13. The van der Waals surface area contributed by atoms with E-state index in [1.807, 2.05) is 30.3 Å². The van der Waals surface area contributed by atoms with Crippen molar-refractivity contribution in [3.05, 3.63) is 76.2 Å². The van der Waals surface area contributed by atoms with Gasteiger partial charge < -0.3 is 5.73 Å². The third-order valence-electron chi connectivity index (χ3n) is 4.11. The SMILES string of the molecule is N#Cc1c(Cl)nc(SCCc2ccnc(C(N)=O)c2)c(C#N)c1-c1ccccc1. The molecule has 0 aliphatic rings. The number of aromatic nitrogens is 2. The minimum atomic E-state index is -0.584. The summed E-state index contributed by atoms with van der Waals surface area (Å²) in [6, 6.07) is 16.8. The zero-order valence-electron chi connectivity index (χ0n) is 15.1. The molecule has 2 heterocycles. The van der Waals surface area contributed by atoms with Gasteiger partial charge in [0.15, 0.2) is 0 Å². The minimum absolute atomic E-state index is 0.0628. The highest BCUT2D eigenvalue weighted by Gasteiger charge is 2.20. The molecule has 142 valence electrons. The smallest absolute Gasteiger partial charge is 0.267 e. The predicted octanol–water partition coefficient (Wildman–Crippen LogP) is 3.97. The molecule has 2 aromatic heterocycles. The van der Waals surface area contributed by atoms with E-state index in [9.17, 15) is 15.3 Å². The Morgan fingerprint density at radius 2 is 1.86 bits per heavy atom. The maximum absolute atomic E-state index is 11.3. The van der Waals surface area contributed by atoms with Crippen molar-refractivity contribution in [1.29, 1.82) is 10.5 Å². The molecule has 1 aromatic carbocycles. The van der Waals surface area contributed by atoms with Gasteiger partial charge >= 0.3 is 0 Å². The minimum Gasteiger partial charge on any atom is -0.364 e. The summed E-state index contributed by atoms with van der Waals surface area (Å²) < 4.78 is 0. The van der Waals surface area contributed by atoms with Crippen LogP contribution in [-0.2, 0) is 6.42 Å². The summed E-state index contributed by atoms with van der Waals surface area (Å²) in [5, 5.41) is 19.8. The first-order valence-electron chi connectivity index (χ1n) is 8.51. The Morgan fingerprint density at radius 1 is 1.14 bits per heavy atom. The predicted molar refractivity (Wildman–Crippen MR) is 111 cm³/mol. The summed E-state index contributed by atoms with van der Waals surface area (Å²) in [5.41, 5.74) is 8.07. The number of nitriles is 2. The highest BCUT2D eigenvalue weighted by atomic mass is 35.5. The van der Waals surface area contributed by atoms with Gasteiger partial charge in [-0.2, -0.15) is 10.5 Å². The number of carbonyl (C=O) groups is 1. The van der Waals surface area contributed by atoms with E-state index in [4.69, 9.17) is 17.3 Å². The van der Waals surface area contributed by atoms with Gasteiger partial charge in [-0.05, 0) is 29.7 Å². The van der Waals surface area contributed by atoms with Crippen molar-refractivity contribution < 1.29 is 4.79 Å². The largest absolute Gasteiger partial charge is 0.364 e. The molecule has 0 atom stereocenters. The number of rotatable bonds is 6. The molecule has 0 unspecified atom stereocenters. The Hall–Kier alpha value is -3.39. The molecule has 0 aliphatic carbocycles. The normalized spacial score (nSPS) is 10.2. The van der Waals surface area contributed by atoms with Gasteiger partial charge in [-0.15, -0.1) is 11.8 Å². The Kier molecular flexibility index (Phi) is 6.46. The molecule has 2 N–H and O–H groups in total. The number of hydrogen-bond acceptors (Lipinski definition) is 6. The van der Waals surface area contributed by atoms with E-state index in [1.165, 1.54) is 18.0 Å². The quantitative estimate of drug-likeness (QED) is 0.477. The highest BCUT2D eigenvalue weighted by molar-refractivity contribution is 7.99. The molecule has 6 nitrogen and oxygen atoms in total. The first-order valence-corrected chi connectivity index (χ1v) is 9.88. The van der Waals surface area contributed by atoms with Crippen LogP contribution in [0.3, 0.4) is 0 Å². The van der Waals surface area contributed by atoms with Crippen LogP contribution in [0, 0.1) is 22.7 Å². The van der Waals surface area contributed by atoms with Crippen LogP contribution >= 0.6 is 23.4 Å². The number of nitrogens with two attached hydrogens (primary N) is 1. The van der Waals surface area contributed by atoms with Gasteiger partial charge in [-0.25, -0.2) is 4.98 Å². The molecular formula is C21H14ClN5OS. The molecule has 0 radical (unpaired) electrons. The van der Waals surface area contributed by atoms with Gasteiger partial charge in [-0.1, -0.05) is 41.9 Å². The lowest BCUT2D eigenvalue weighted by Gasteiger charge is -2.12. The Balaban J connectivity index is 1.91. The van der Waals surface area contributed by atoms with Gasteiger partial charge in [0.25, 0.3) is 5.91 Å². The number of carbonyl (C=O) groups excluding carboxylic acids is 1. The number of pyridine rings is 2. The maximum atomic E-state index is 11.3. The van der Waals surface area contributed by atoms with Crippen LogP contribution in [-0.4, -0.2) is 21.6 Å². The van der Waals surface area contributed by atoms with Crippen molar-refractivity contribution in [3.8, 4) is 23.3 Å². The van der Waals surface area contributed by atoms with E-state index in [1.54, 1.807) is 12.1 Å². The molecule has 0 fully saturated rings. The molecule has 0 bridgehead atoms. The number of thioether (sulfide) groups is 1. The van der Waals surface area contributed by atoms with Crippen molar-refractivity contribution in [2.24, 2.45) is 5.73 Å². The first-order chi connectivity index (χ1) is 14.0. The fourth-order valence-electron chi connectivity index (χ4n) is 2.77. The number of halogens is 1. The summed E-state index contributed by atoms with van der Waals surface area (Å²) >= 11 is 7.61. The van der Waals surface area contributed by atoms with Gasteiger partial charge in [0, 0.05) is 17.5 Å². The number of primary amides is 1. The summed E-state index contributed by atoms with van der Waals surface area (Å²) in [5.74, 6) is -0.000284. The summed E-state index contributed by atoms with van der Waals surface area (Å²) in [4.78, 5) is 19.5. The van der Waals surface area contributed by atoms with Crippen molar-refractivity contribution >= 4 is 29.3 Å². The van der Waals surface area contributed by atoms with E-state index >= 15 is 0 Å². The van der Waals surface area contributed by atoms with Crippen molar-refractivity contribution in [2.75, 3.05) is 5.75 Å². The zero-order valence-corrected chi connectivity index (χ0v) is 16.7. The standard InChI is InChI=1S/C21H14ClN5OS/c22-19-15(11-23)18(14-4-2-1-3-5-14)16(12-24)21(27-19)29-9-7-13-6-8-26-17(10-13)20(25)28/h1-6,8,10H,7,9H2,(H2,25,28). The molecule has 0 saturated carbocycles. The average molecular weight is 420 g/mol. The van der Waals surface area contributed by atoms with E-state index in [0.717, 1.165) is 11.1 Å². The Labute approximate surface area is 177 Å². The summed E-state index contributed by atoms with van der Waals surface area (Å²) in [7, 11) is 0. The second kappa shape index (κ2) is 9.20. The molecule has 3 aromatic rings. The highest BCUT2D eigenvalue weighted by Crippen LogP contribution is 2.36. The molecular weight excluding hydrogens is 406 g/mol. The van der Waals surface area contributed by atoms with Gasteiger partial charge in [0.05, 0.1) is 11.1 Å². The first kappa shape index (κ1) is 20.3. The average Bonchev–Trinajstić information content (AvgIpc) is 2.74. The lowest BCUT2D eigenvalue weighted by atomic mass is 9.98. The number of aryl methyl sites for hydroxylation is 1. The van der Waals surface area contributed by atoms with E-state index in [0.29, 0.717) is 28.3 Å². The molecule has 1 amide bonds. The van der Waals surface area contributed by atoms with Crippen LogP contribution in [0.2, 0.25) is 5.15 Å². The monoisotopic (exact) mass is 419 g/mol. The second-order valence-electron chi connectivity index (χ2n) is 5.93. The number of nitrogens with zero attached hydrogens (tertiary/aromatic N) is 4. The van der Waals surface area contributed by atoms with Crippen LogP contribution in [0.4, 0.5) is 0 Å². The van der Waals surface area contributed by atoms with Gasteiger partial charge in [0.1, 0.15) is 28.0 Å². The fourth-order valence-corrected chi connectivity index (χ4v) is 4.02.